The highest BCUT2D eigenvalue weighted by Crippen LogP contribution is 2.28. The third kappa shape index (κ3) is 3.45. The van der Waals surface area contributed by atoms with Crippen molar-refractivity contribution >= 4 is 22.1 Å². The molecule has 24 heavy (non-hydrogen) atoms. The Kier molecular flexibility index (Phi) is 4.50. The van der Waals surface area contributed by atoms with Gasteiger partial charge in [0.1, 0.15) is 11.9 Å². The van der Waals surface area contributed by atoms with Crippen LogP contribution in [0.15, 0.2) is 47.4 Å². The van der Waals surface area contributed by atoms with Crippen LogP contribution in [0.4, 0.5) is 0 Å². The molecule has 1 fully saturated rings. The Bertz CT molecular complexity index is 808. The minimum absolute atomic E-state index is 0.321. The van der Waals surface area contributed by atoms with E-state index in [1.165, 1.54) is 21.9 Å². The van der Waals surface area contributed by atoms with Gasteiger partial charge in [0.15, 0.2) is 0 Å². The summed E-state index contributed by atoms with van der Waals surface area (Å²) in [5.41, 5.74) is 2.62. The van der Waals surface area contributed by atoms with Crippen molar-refractivity contribution in [2.45, 2.75) is 32.4 Å². The lowest BCUT2D eigenvalue weighted by Gasteiger charge is -2.32. The number of ether oxygens (including phenoxy) is 1. The van der Waals surface area contributed by atoms with E-state index < -0.39 is 0 Å². The summed E-state index contributed by atoms with van der Waals surface area (Å²) in [6.07, 6.45) is 6.26. The van der Waals surface area contributed by atoms with Crippen molar-refractivity contribution < 1.29 is 4.74 Å². The molecule has 0 amide bonds. The average Bonchev–Trinajstić information content (AvgIpc) is 3.10. The Labute approximate surface area is 146 Å². The van der Waals surface area contributed by atoms with Gasteiger partial charge >= 0.3 is 0 Å². The number of fused-ring (bicyclic) bond motifs is 1. The summed E-state index contributed by atoms with van der Waals surface area (Å²) in [6, 6.07) is 8.60. The fraction of sp³-hybridized carbons (Fsp3) is 0.350. The molecule has 0 bridgehead atoms. The number of likely N-dealkylation sites (tertiary alicyclic amines) is 1. The van der Waals surface area contributed by atoms with Crippen LogP contribution >= 0.6 is 11.3 Å². The van der Waals surface area contributed by atoms with Gasteiger partial charge in [-0.05, 0) is 71.3 Å². The summed E-state index contributed by atoms with van der Waals surface area (Å²) >= 11 is 1.78. The Morgan fingerprint density at radius 3 is 2.88 bits per heavy atom. The number of hydrogen-bond acceptors (Lipinski definition) is 4. The first-order valence-electron chi connectivity index (χ1n) is 8.52. The summed E-state index contributed by atoms with van der Waals surface area (Å²) in [7, 11) is 0. The Hall–Kier alpha value is -1.91. The predicted octanol–water partition coefficient (Wildman–Crippen LogP) is 4.65. The van der Waals surface area contributed by atoms with E-state index in [1.807, 2.05) is 18.5 Å². The molecule has 0 radical (unpaired) electrons. The maximum Gasteiger partial charge on any atom is 0.123 e. The van der Waals surface area contributed by atoms with Gasteiger partial charge in [-0.25, -0.2) is 0 Å². The maximum absolute atomic E-state index is 6.33. The van der Waals surface area contributed by atoms with Crippen LogP contribution in [-0.2, 0) is 6.54 Å². The lowest BCUT2D eigenvalue weighted by Crippen LogP contribution is -2.37. The highest BCUT2D eigenvalue weighted by atomic mass is 32.1. The first-order valence-corrected chi connectivity index (χ1v) is 9.47. The zero-order chi connectivity index (χ0) is 16.4. The molecule has 3 aromatic rings. The molecular formula is C20H22N2OS. The average molecular weight is 338 g/mol. The molecule has 1 aliphatic rings. The lowest BCUT2D eigenvalue weighted by atomic mass is 10.1. The van der Waals surface area contributed by atoms with Crippen LogP contribution < -0.4 is 4.74 Å². The first-order chi connectivity index (χ1) is 11.8. The van der Waals surface area contributed by atoms with E-state index in [-0.39, 0.29) is 0 Å². The summed E-state index contributed by atoms with van der Waals surface area (Å²) in [6.45, 7) is 5.40. The zero-order valence-electron chi connectivity index (χ0n) is 13.9. The normalized spacial score (nSPS) is 16.5. The summed E-state index contributed by atoms with van der Waals surface area (Å²) in [5.74, 6) is 1.02. The van der Waals surface area contributed by atoms with Crippen LogP contribution in [0.2, 0.25) is 0 Å². The standard InChI is InChI=1S/C20H22N2OS/c1-15-10-18-12-21-6-2-17(18)11-20(15)23-19-3-7-22(8-4-19)13-16-5-9-24-14-16/h2,5-6,9-12,14,19H,3-4,7-8,13H2,1H3. The van der Waals surface area contributed by atoms with Gasteiger partial charge in [0.05, 0.1) is 0 Å². The van der Waals surface area contributed by atoms with E-state index in [2.05, 4.69) is 45.8 Å². The second kappa shape index (κ2) is 6.91. The minimum Gasteiger partial charge on any atom is -0.490 e. The van der Waals surface area contributed by atoms with Gasteiger partial charge in [-0.1, -0.05) is 0 Å². The number of hydrogen-bond donors (Lipinski definition) is 0. The molecule has 3 heterocycles. The molecule has 1 aromatic carbocycles. The minimum atomic E-state index is 0.321. The molecule has 1 aliphatic heterocycles. The molecule has 4 heteroatoms. The van der Waals surface area contributed by atoms with Crippen molar-refractivity contribution in [1.29, 1.82) is 0 Å². The predicted molar refractivity (Wildman–Crippen MR) is 99.7 cm³/mol. The fourth-order valence-electron chi connectivity index (χ4n) is 3.36. The Morgan fingerprint density at radius 1 is 1.21 bits per heavy atom. The molecular weight excluding hydrogens is 316 g/mol. The van der Waals surface area contributed by atoms with E-state index in [0.29, 0.717) is 6.10 Å². The number of aromatic nitrogens is 1. The Balaban J connectivity index is 1.39. The molecule has 1 saturated heterocycles. The van der Waals surface area contributed by atoms with Gasteiger partial charge in [-0.15, -0.1) is 0 Å². The molecule has 0 atom stereocenters. The first kappa shape index (κ1) is 15.6. The van der Waals surface area contributed by atoms with E-state index in [1.54, 1.807) is 11.3 Å². The highest BCUT2D eigenvalue weighted by molar-refractivity contribution is 7.07. The van der Waals surface area contributed by atoms with E-state index in [4.69, 9.17) is 4.74 Å². The van der Waals surface area contributed by atoms with Gasteiger partial charge in [0.2, 0.25) is 0 Å². The van der Waals surface area contributed by atoms with E-state index in [0.717, 1.165) is 38.2 Å². The van der Waals surface area contributed by atoms with Crippen LogP contribution in [0.5, 0.6) is 5.75 Å². The fourth-order valence-corrected chi connectivity index (χ4v) is 4.02. The third-order valence-corrected chi connectivity index (χ3v) is 5.48. The van der Waals surface area contributed by atoms with Crippen molar-refractivity contribution in [3.05, 3.63) is 58.5 Å². The number of pyridine rings is 1. The quantitative estimate of drug-likeness (QED) is 0.692. The number of piperidine rings is 1. The van der Waals surface area contributed by atoms with Crippen LogP contribution in [0.3, 0.4) is 0 Å². The number of benzene rings is 1. The molecule has 0 N–H and O–H groups in total. The largest absolute Gasteiger partial charge is 0.490 e. The van der Waals surface area contributed by atoms with Crippen molar-refractivity contribution in [3.63, 3.8) is 0 Å². The summed E-state index contributed by atoms with van der Waals surface area (Å²) in [4.78, 5) is 6.72. The van der Waals surface area contributed by atoms with Crippen molar-refractivity contribution in [1.82, 2.24) is 9.88 Å². The van der Waals surface area contributed by atoms with Crippen molar-refractivity contribution in [2.24, 2.45) is 0 Å². The van der Waals surface area contributed by atoms with E-state index >= 15 is 0 Å². The second-order valence-electron chi connectivity index (χ2n) is 6.57. The van der Waals surface area contributed by atoms with Crippen LogP contribution in [0.1, 0.15) is 24.0 Å². The molecule has 0 spiro atoms. The molecule has 0 aliphatic carbocycles. The monoisotopic (exact) mass is 338 g/mol. The van der Waals surface area contributed by atoms with Crippen LogP contribution in [-0.4, -0.2) is 29.1 Å². The molecule has 4 rings (SSSR count). The summed E-state index contributed by atoms with van der Waals surface area (Å²) < 4.78 is 6.33. The van der Waals surface area contributed by atoms with Gasteiger partial charge < -0.3 is 4.74 Å². The van der Waals surface area contributed by atoms with Gasteiger partial charge in [-0.2, -0.15) is 11.3 Å². The molecule has 0 unspecified atom stereocenters. The zero-order valence-corrected chi connectivity index (χ0v) is 14.8. The molecule has 0 saturated carbocycles. The van der Waals surface area contributed by atoms with Crippen molar-refractivity contribution in [3.8, 4) is 5.75 Å². The van der Waals surface area contributed by atoms with Crippen LogP contribution in [0.25, 0.3) is 10.8 Å². The Morgan fingerprint density at radius 2 is 2.08 bits per heavy atom. The number of aryl methyl sites for hydroxylation is 1. The smallest absolute Gasteiger partial charge is 0.123 e. The second-order valence-corrected chi connectivity index (χ2v) is 7.35. The SMILES string of the molecule is Cc1cc2cnccc2cc1OC1CCN(Cc2ccsc2)CC1. The highest BCUT2D eigenvalue weighted by Gasteiger charge is 2.21. The number of nitrogens with zero attached hydrogens (tertiary/aromatic N) is 2. The van der Waals surface area contributed by atoms with Crippen LogP contribution in [0, 0.1) is 6.92 Å². The maximum atomic E-state index is 6.33. The summed E-state index contributed by atoms with van der Waals surface area (Å²) in [5, 5.41) is 6.77. The molecule has 3 nitrogen and oxygen atoms in total. The number of thiophene rings is 1. The molecule has 2 aromatic heterocycles. The van der Waals surface area contributed by atoms with E-state index in [9.17, 15) is 0 Å². The topological polar surface area (TPSA) is 25.4 Å². The van der Waals surface area contributed by atoms with Gasteiger partial charge in [-0.3, -0.25) is 9.88 Å². The molecule has 124 valence electrons. The van der Waals surface area contributed by atoms with Crippen molar-refractivity contribution in [2.75, 3.05) is 13.1 Å². The number of rotatable bonds is 4. The van der Waals surface area contributed by atoms with Gasteiger partial charge in [0.25, 0.3) is 0 Å². The van der Waals surface area contributed by atoms with Gasteiger partial charge in [0, 0.05) is 37.4 Å². The third-order valence-electron chi connectivity index (χ3n) is 4.75. The lowest BCUT2D eigenvalue weighted by molar-refractivity contribution is 0.0964.